The van der Waals surface area contributed by atoms with Crippen molar-refractivity contribution in [2.45, 2.75) is 26.3 Å². The third kappa shape index (κ3) is 4.34. The summed E-state index contributed by atoms with van der Waals surface area (Å²) in [6.07, 6.45) is 4.39. The van der Waals surface area contributed by atoms with Crippen LogP contribution in [0.3, 0.4) is 0 Å². The Hall–Kier alpha value is -0.840. The van der Waals surface area contributed by atoms with Crippen LogP contribution in [0, 0.1) is 12.8 Å². The number of likely N-dealkylation sites (tertiary alicyclic amines) is 1. The molecule has 1 aliphatic rings. The van der Waals surface area contributed by atoms with E-state index in [2.05, 4.69) is 4.98 Å². The molecule has 4 nitrogen and oxygen atoms in total. The first-order chi connectivity index (χ1) is 8.08. The third-order valence-electron chi connectivity index (χ3n) is 3.38. The van der Waals surface area contributed by atoms with Gasteiger partial charge in [-0.1, -0.05) is 0 Å². The number of halogens is 2. The van der Waals surface area contributed by atoms with Crippen molar-refractivity contribution in [1.29, 1.82) is 0 Å². The Morgan fingerprint density at radius 2 is 2.16 bits per heavy atom. The fourth-order valence-electron chi connectivity index (χ4n) is 2.26. The highest BCUT2D eigenvalue weighted by Gasteiger charge is 2.28. The highest BCUT2D eigenvalue weighted by Crippen LogP contribution is 2.20. The molecule has 1 saturated heterocycles. The molecule has 2 N–H and O–H groups in total. The molecule has 1 aromatic heterocycles. The summed E-state index contributed by atoms with van der Waals surface area (Å²) in [6.45, 7) is 5.52. The molecule has 2 unspecified atom stereocenters. The molecule has 2 heterocycles. The van der Waals surface area contributed by atoms with Crippen molar-refractivity contribution in [3.8, 4) is 0 Å². The van der Waals surface area contributed by atoms with Crippen LogP contribution in [-0.2, 0) is 0 Å². The van der Waals surface area contributed by atoms with Crippen molar-refractivity contribution in [3.05, 3.63) is 29.6 Å². The van der Waals surface area contributed by atoms with Gasteiger partial charge >= 0.3 is 0 Å². The number of pyridine rings is 1. The van der Waals surface area contributed by atoms with Crippen molar-refractivity contribution < 1.29 is 4.79 Å². The van der Waals surface area contributed by atoms with Crippen molar-refractivity contribution in [1.82, 2.24) is 9.88 Å². The Morgan fingerprint density at radius 3 is 2.68 bits per heavy atom. The number of carbonyl (C=O) groups is 1. The fourth-order valence-corrected chi connectivity index (χ4v) is 2.26. The van der Waals surface area contributed by atoms with Crippen LogP contribution in [0.4, 0.5) is 0 Å². The molecule has 0 saturated carbocycles. The zero-order valence-electron chi connectivity index (χ0n) is 11.2. The molecule has 0 aromatic carbocycles. The summed E-state index contributed by atoms with van der Waals surface area (Å²) < 4.78 is 0. The Kier molecular flexibility index (Phi) is 7.34. The quantitative estimate of drug-likeness (QED) is 0.909. The molecule has 19 heavy (non-hydrogen) atoms. The van der Waals surface area contributed by atoms with Gasteiger partial charge in [0.15, 0.2) is 0 Å². The number of rotatable bonds is 2. The van der Waals surface area contributed by atoms with Crippen molar-refractivity contribution >= 4 is 30.7 Å². The van der Waals surface area contributed by atoms with E-state index in [-0.39, 0.29) is 36.8 Å². The molecular weight excluding hydrogens is 285 g/mol. The second-order valence-electron chi connectivity index (χ2n) is 4.91. The second kappa shape index (κ2) is 7.68. The summed E-state index contributed by atoms with van der Waals surface area (Å²) in [5.41, 5.74) is 7.56. The van der Waals surface area contributed by atoms with Crippen LogP contribution < -0.4 is 5.73 Å². The minimum atomic E-state index is 0. The topological polar surface area (TPSA) is 59.2 Å². The van der Waals surface area contributed by atoms with Crippen LogP contribution in [-0.4, -0.2) is 34.9 Å². The molecule has 0 bridgehead atoms. The fraction of sp³-hybridized carbons (Fsp3) is 0.538. The van der Waals surface area contributed by atoms with Gasteiger partial charge in [0.1, 0.15) is 0 Å². The number of aryl methyl sites for hydroxylation is 1. The molecule has 1 aromatic rings. The lowest BCUT2D eigenvalue weighted by Gasteiger charge is -2.18. The maximum Gasteiger partial charge on any atom is 0.255 e. The van der Waals surface area contributed by atoms with Gasteiger partial charge in [-0.3, -0.25) is 9.78 Å². The van der Waals surface area contributed by atoms with Gasteiger partial charge in [-0.05, 0) is 37.8 Å². The minimum absolute atomic E-state index is 0. The highest BCUT2D eigenvalue weighted by atomic mass is 35.5. The predicted molar refractivity (Wildman–Crippen MR) is 81.1 cm³/mol. The number of hydrogen-bond acceptors (Lipinski definition) is 3. The van der Waals surface area contributed by atoms with Gasteiger partial charge in [0.2, 0.25) is 0 Å². The van der Waals surface area contributed by atoms with Crippen LogP contribution in [0.5, 0.6) is 0 Å². The standard InChI is InChI=1S/C13H19N3O.2ClH/c1-9-5-12(7-15-6-9)13(17)16-4-3-11(8-16)10(2)14;;/h5-7,10-11H,3-4,8,14H2,1-2H3;2*1H. The van der Waals surface area contributed by atoms with Gasteiger partial charge in [-0.2, -0.15) is 0 Å². The van der Waals surface area contributed by atoms with Crippen molar-refractivity contribution in [3.63, 3.8) is 0 Å². The Balaban J connectivity index is 0.00000162. The van der Waals surface area contributed by atoms with Gasteiger partial charge < -0.3 is 10.6 Å². The van der Waals surface area contributed by atoms with E-state index in [9.17, 15) is 4.79 Å². The molecule has 0 radical (unpaired) electrons. The average molecular weight is 306 g/mol. The van der Waals surface area contributed by atoms with E-state index in [1.165, 1.54) is 0 Å². The summed E-state index contributed by atoms with van der Waals surface area (Å²) in [6, 6.07) is 2.04. The molecule has 0 spiro atoms. The first kappa shape index (κ1) is 18.2. The molecule has 1 amide bonds. The van der Waals surface area contributed by atoms with E-state index in [0.717, 1.165) is 25.1 Å². The smallest absolute Gasteiger partial charge is 0.255 e. The Labute approximate surface area is 126 Å². The first-order valence-corrected chi connectivity index (χ1v) is 6.04. The van der Waals surface area contributed by atoms with Crippen LogP contribution in [0.15, 0.2) is 18.5 Å². The molecule has 6 heteroatoms. The van der Waals surface area contributed by atoms with E-state index in [1.54, 1.807) is 12.4 Å². The average Bonchev–Trinajstić information content (AvgIpc) is 2.77. The molecule has 1 aliphatic heterocycles. The molecule has 2 rings (SSSR count). The second-order valence-corrected chi connectivity index (χ2v) is 4.91. The molecular formula is C13H21Cl2N3O. The van der Waals surface area contributed by atoms with Crippen LogP contribution in [0.1, 0.15) is 29.3 Å². The van der Waals surface area contributed by atoms with Crippen LogP contribution >= 0.6 is 24.8 Å². The highest BCUT2D eigenvalue weighted by molar-refractivity contribution is 5.94. The van der Waals surface area contributed by atoms with Crippen LogP contribution in [0.25, 0.3) is 0 Å². The summed E-state index contributed by atoms with van der Waals surface area (Å²) >= 11 is 0. The van der Waals surface area contributed by atoms with Gasteiger partial charge in [-0.15, -0.1) is 24.8 Å². The van der Waals surface area contributed by atoms with Crippen molar-refractivity contribution in [2.75, 3.05) is 13.1 Å². The number of nitrogens with two attached hydrogens (primary N) is 1. The lowest BCUT2D eigenvalue weighted by atomic mass is 10.0. The molecule has 1 fully saturated rings. The first-order valence-electron chi connectivity index (χ1n) is 6.04. The van der Waals surface area contributed by atoms with E-state index in [4.69, 9.17) is 5.73 Å². The molecule has 2 atom stereocenters. The largest absolute Gasteiger partial charge is 0.338 e. The number of nitrogens with zero attached hydrogens (tertiary/aromatic N) is 2. The summed E-state index contributed by atoms with van der Waals surface area (Å²) in [5, 5.41) is 0. The summed E-state index contributed by atoms with van der Waals surface area (Å²) in [4.78, 5) is 18.2. The lowest BCUT2D eigenvalue weighted by Crippen LogP contribution is -2.33. The van der Waals surface area contributed by atoms with Gasteiger partial charge in [-0.25, -0.2) is 0 Å². The normalized spacial score (nSPS) is 19.3. The lowest BCUT2D eigenvalue weighted by molar-refractivity contribution is 0.0785. The Morgan fingerprint density at radius 1 is 1.47 bits per heavy atom. The van der Waals surface area contributed by atoms with E-state index in [0.29, 0.717) is 11.5 Å². The maximum absolute atomic E-state index is 12.2. The van der Waals surface area contributed by atoms with Gasteiger partial charge in [0, 0.05) is 31.5 Å². The number of amides is 1. The number of aromatic nitrogens is 1. The zero-order chi connectivity index (χ0) is 12.4. The van der Waals surface area contributed by atoms with E-state index >= 15 is 0 Å². The predicted octanol–water partition coefficient (Wildman–Crippen LogP) is 2.04. The minimum Gasteiger partial charge on any atom is -0.338 e. The van der Waals surface area contributed by atoms with Crippen LogP contribution in [0.2, 0.25) is 0 Å². The molecule has 0 aliphatic carbocycles. The van der Waals surface area contributed by atoms with Gasteiger partial charge in [0.05, 0.1) is 5.56 Å². The SMILES string of the molecule is Cc1cncc(C(=O)N2CCC(C(C)N)C2)c1.Cl.Cl. The monoisotopic (exact) mass is 305 g/mol. The van der Waals surface area contributed by atoms with E-state index < -0.39 is 0 Å². The third-order valence-corrected chi connectivity index (χ3v) is 3.38. The van der Waals surface area contributed by atoms with Crippen molar-refractivity contribution in [2.24, 2.45) is 11.7 Å². The number of hydrogen-bond donors (Lipinski definition) is 1. The van der Waals surface area contributed by atoms with E-state index in [1.807, 2.05) is 24.8 Å². The van der Waals surface area contributed by atoms with Gasteiger partial charge in [0.25, 0.3) is 5.91 Å². The maximum atomic E-state index is 12.2. The zero-order valence-corrected chi connectivity index (χ0v) is 12.8. The molecule has 108 valence electrons. The summed E-state index contributed by atoms with van der Waals surface area (Å²) in [5.74, 6) is 0.501. The number of carbonyl (C=O) groups excluding carboxylic acids is 1. The Bertz CT molecular complexity index is 426. The summed E-state index contributed by atoms with van der Waals surface area (Å²) in [7, 11) is 0.